The predicted molar refractivity (Wildman–Crippen MR) is 27.7 cm³/mol. The highest BCUT2D eigenvalue weighted by atomic mass is 16.6. The Labute approximate surface area is 43.8 Å². The highest BCUT2D eigenvalue weighted by Crippen LogP contribution is 2.27. The van der Waals surface area contributed by atoms with Crippen molar-refractivity contribution in [2.75, 3.05) is 13.7 Å². The lowest BCUT2D eigenvalue weighted by atomic mass is 10.4. The summed E-state index contributed by atoms with van der Waals surface area (Å²) in [7, 11) is 1.66. The van der Waals surface area contributed by atoms with Crippen molar-refractivity contribution in [2.45, 2.75) is 12.8 Å². The largest absolute Gasteiger partial charge is 0.305 e. The van der Waals surface area contributed by atoms with E-state index in [9.17, 15) is 0 Å². The van der Waals surface area contributed by atoms with Crippen LogP contribution in [0.5, 0.6) is 0 Å². The van der Waals surface area contributed by atoms with E-state index in [0.717, 1.165) is 12.5 Å². The molecule has 0 radical (unpaired) electrons. The van der Waals surface area contributed by atoms with Gasteiger partial charge >= 0.3 is 0 Å². The molecule has 1 rings (SSSR count). The molecule has 42 valence electrons. The van der Waals surface area contributed by atoms with Crippen LogP contribution in [-0.2, 0) is 4.84 Å². The van der Waals surface area contributed by atoms with Gasteiger partial charge in [0.15, 0.2) is 0 Å². The summed E-state index contributed by atoms with van der Waals surface area (Å²) in [6, 6.07) is 0. The second-order valence-corrected chi connectivity index (χ2v) is 2.00. The van der Waals surface area contributed by atoms with Crippen LogP contribution in [0.25, 0.3) is 0 Å². The van der Waals surface area contributed by atoms with Gasteiger partial charge in [0.1, 0.15) is 0 Å². The third kappa shape index (κ3) is 1.90. The van der Waals surface area contributed by atoms with Crippen LogP contribution in [-0.4, -0.2) is 13.7 Å². The monoisotopic (exact) mass is 101 g/mol. The molecule has 0 atom stereocenters. The molecule has 2 heteroatoms. The lowest BCUT2D eigenvalue weighted by Gasteiger charge is -1.94. The zero-order valence-corrected chi connectivity index (χ0v) is 4.61. The molecule has 1 aliphatic carbocycles. The maximum Gasteiger partial charge on any atom is 0.0572 e. The van der Waals surface area contributed by atoms with Gasteiger partial charge in [-0.1, -0.05) is 0 Å². The first-order chi connectivity index (χ1) is 3.43. The van der Waals surface area contributed by atoms with Crippen LogP contribution in [0.2, 0.25) is 0 Å². The van der Waals surface area contributed by atoms with Crippen LogP contribution in [0.15, 0.2) is 0 Å². The van der Waals surface area contributed by atoms with E-state index in [4.69, 9.17) is 0 Å². The lowest BCUT2D eigenvalue weighted by molar-refractivity contribution is 0.0885. The summed E-state index contributed by atoms with van der Waals surface area (Å²) in [6.45, 7) is 1.04. The van der Waals surface area contributed by atoms with E-state index in [2.05, 4.69) is 10.3 Å². The van der Waals surface area contributed by atoms with Crippen LogP contribution < -0.4 is 5.48 Å². The first-order valence-electron chi connectivity index (χ1n) is 2.69. The van der Waals surface area contributed by atoms with Crippen molar-refractivity contribution >= 4 is 0 Å². The quantitative estimate of drug-likeness (QED) is 0.524. The van der Waals surface area contributed by atoms with Gasteiger partial charge in [-0.3, -0.25) is 0 Å². The fourth-order valence-corrected chi connectivity index (χ4v) is 0.523. The zero-order chi connectivity index (χ0) is 5.11. The number of hydrogen-bond acceptors (Lipinski definition) is 2. The molecular formula is C5H11NO. The van der Waals surface area contributed by atoms with Gasteiger partial charge in [-0.05, 0) is 18.8 Å². The molecule has 0 heterocycles. The van der Waals surface area contributed by atoms with Crippen LogP contribution in [0, 0.1) is 5.92 Å². The molecule has 0 unspecified atom stereocenters. The maximum atomic E-state index is 4.64. The number of rotatable bonds is 3. The van der Waals surface area contributed by atoms with E-state index in [0.29, 0.717) is 0 Å². The molecule has 0 spiro atoms. The van der Waals surface area contributed by atoms with E-state index >= 15 is 0 Å². The minimum Gasteiger partial charge on any atom is -0.305 e. The normalized spacial score (nSPS) is 20.1. The second kappa shape index (κ2) is 2.28. The highest BCUT2D eigenvalue weighted by Gasteiger charge is 2.19. The van der Waals surface area contributed by atoms with Crippen LogP contribution in [0.1, 0.15) is 12.8 Å². The molecule has 1 saturated carbocycles. The van der Waals surface area contributed by atoms with Crippen molar-refractivity contribution in [1.29, 1.82) is 0 Å². The molecule has 0 aromatic heterocycles. The third-order valence-corrected chi connectivity index (χ3v) is 1.21. The fraction of sp³-hybridized carbons (Fsp3) is 1.00. The summed E-state index contributed by atoms with van der Waals surface area (Å²) in [6.07, 6.45) is 2.77. The van der Waals surface area contributed by atoms with Crippen molar-refractivity contribution in [3.63, 3.8) is 0 Å². The average molecular weight is 101 g/mol. The van der Waals surface area contributed by atoms with Crippen molar-refractivity contribution in [3.05, 3.63) is 0 Å². The van der Waals surface area contributed by atoms with Gasteiger partial charge in [0.25, 0.3) is 0 Å². The Morgan fingerprint density at radius 1 is 1.71 bits per heavy atom. The van der Waals surface area contributed by atoms with Gasteiger partial charge in [0.2, 0.25) is 0 Å². The van der Waals surface area contributed by atoms with Gasteiger partial charge in [0, 0.05) is 6.54 Å². The van der Waals surface area contributed by atoms with E-state index in [1.54, 1.807) is 7.11 Å². The standard InChI is InChI=1S/C5H11NO/c1-7-6-4-5-2-3-5/h5-6H,2-4H2,1H3. The summed E-state index contributed by atoms with van der Waals surface area (Å²) < 4.78 is 0. The fourth-order valence-electron chi connectivity index (χ4n) is 0.523. The SMILES string of the molecule is CONCC1CC1. The first-order valence-corrected chi connectivity index (χ1v) is 2.69. The van der Waals surface area contributed by atoms with E-state index in [-0.39, 0.29) is 0 Å². The van der Waals surface area contributed by atoms with E-state index < -0.39 is 0 Å². The molecule has 0 saturated heterocycles. The average Bonchev–Trinajstić information content (AvgIpc) is 2.42. The van der Waals surface area contributed by atoms with Crippen LogP contribution in [0.4, 0.5) is 0 Å². The smallest absolute Gasteiger partial charge is 0.0572 e. The van der Waals surface area contributed by atoms with Crippen LogP contribution in [0.3, 0.4) is 0 Å². The molecule has 1 aliphatic rings. The Kier molecular flexibility index (Phi) is 1.65. The molecule has 2 nitrogen and oxygen atoms in total. The van der Waals surface area contributed by atoms with Gasteiger partial charge in [-0.2, -0.15) is 0 Å². The molecule has 0 aliphatic heterocycles. The van der Waals surface area contributed by atoms with E-state index in [1.807, 2.05) is 0 Å². The number of hydrogen-bond donors (Lipinski definition) is 1. The highest BCUT2D eigenvalue weighted by molar-refractivity contribution is 4.73. The third-order valence-electron chi connectivity index (χ3n) is 1.21. The van der Waals surface area contributed by atoms with Crippen molar-refractivity contribution < 1.29 is 4.84 Å². The molecule has 0 aromatic carbocycles. The molecule has 7 heavy (non-hydrogen) atoms. The van der Waals surface area contributed by atoms with Crippen LogP contribution >= 0.6 is 0 Å². The Hall–Kier alpha value is -0.0800. The van der Waals surface area contributed by atoms with E-state index in [1.165, 1.54) is 12.8 Å². The zero-order valence-electron chi connectivity index (χ0n) is 4.61. The minimum absolute atomic E-state index is 0.917. The molecule has 0 amide bonds. The first kappa shape index (κ1) is 5.06. The Morgan fingerprint density at radius 3 is 2.86 bits per heavy atom. The Balaban J connectivity index is 1.80. The number of hydroxylamine groups is 1. The molecule has 0 bridgehead atoms. The second-order valence-electron chi connectivity index (χ2n) is 2.00. The summed E-state index contributed by atoms with van der Waals surface area (Å²) in [5.74, 6) is 0.917. The van der Waals surface area contributed by atoms with Gasteiger partial charge in [-0.25, -0.2) is 5.48 Å². The molecular weight excluding hydrogens is 90.1 g/mol. The summed E-state index contributed by atoms with van der Waals surface area (Å²) in [5, 5.41) is 0. The van der Waals surface area contributed by atoms with Crippen molar-refractivity contribution in [3.8, 4) is 0 Å². The minimum atomic E-state index is 0.917. The molecule has 1 fully saturated rings. The van der Waals surface area contributed by atoms with Crippen molar-refractivity contribution in [2.24, 2.45) is 5.92 Å². The van der Waals surface area contributed by atoms with Crippen molar-refractivity contribution in [1.82, 2.24) is 5.48 Å². The number of nitrogens with one attached hydrogen (secondary N) is 1. The topological polar surface area (TPSA) is 21.3 Å². The Morgan fingerprint density at radius 2 is 2.43 bits per heavy atom. The predicted octanol–water partition coefficient (Wildman–Crippen LogP) is 0.547. The Bertz CT molecular complexity index is 52.0. The van der Waals surface area contributed by atoms with Gasteiger partial charge < -0.3 is 4.84 Å². The molecule has 1 N–H and O–H groups in total. The molecule has 0 aromatic rings. The van der Waals surface area contributed by atoms with Gasteiger partial charge in [0.05, 0.1) is 7.11 Å². The summed E-state index contributed by atoms with van der Waals surface area (Å²) in [4.78, 5) is 4.64. The summed E-state index contributed by atoms with van der Waals surface area (Å²) in [5.41, 5.74) is 2.81. The van der Waals surface area contributed by atoms with Gasteiger partial charge in [-0.15, -0.1) is 0 Å². The maximum absolute atomic E-state index is 4.64. The lowest BCUT2D eigenvalue weighted by Crippen LogP contribution is -2.14. The summed E-state index contributed by atoms with van der Waals surface area (Å²) >= 11 is 0.